The second-order valence-corrected chi connectivity index (χ2v) is 7.71. The van der Waals surface area contributed by atoms with Crippen molar-refractivity contribution in [2.24, 2.45) is 0 Å². The highest BCUT2D eigenvalue weighted by atomic mass is 14.3. The lowest BCUT2D eigenvalue weighted by molar-refractivity contribution is 0.522. The molecule has 0 aliphatic carbocycles. The SMILES string of the molecule is CCCCCCCCCCCCCCCCCCCCCCC=N. The van der Waals surface area contributed by atoms with Gasteiger partial charge in [0.1, 0.15) is 0 Å². The van der Waals surface area contributed by atoms with Gasteiger partial charge in [0.2, 0.25) is 0 Å². The molecule has 1 nitrogen and oxygen atoms in total. The van der Waals surface area contributed by atoms with Gasteiger partial charge in [0.25, 0.3) is 0 Å². The molecule has 0 saturated heterocycles. The van der Waals surface area contributed by atoms with E-state index in [1.54, 1.807) is 6.21 Å². The molecular weight excluding hydrogens is 290 g/mol. The van der Waals surface area contributed by atoms with Crippen molar-refractivity contribution in [3.8, 4) is 0 Å². The van der Waals surface area contributed by atoms with E-state index in [1.165, 1.54) is 128 Å². The maximum Gasteiger partial charge on any atom is -0.00477 e. The Kier molecular flexibility index (Phi) is 22.4. The summed E-state index contributed by atoms with van der Waals surface area (Å²) in [5.74, 6) is 0. The van der Waals surface area contributed by atoms with Gasteiger partial charge in [0, 0.05) is 0 Å². The summed E-state index contributed by atoms with van der Waals surface area (Å²) < 4.78 is 0. The van der Waals surface area contributed by atoms with E-state index >= 15 is 0 Å². The monoisotopic (exact) mass is 337 g/mol. The van der Waals surface area contributed by atoms with Crippen LogP contribution < -0.4 is 0 Å². The van der Waals surface area contributed by atoms with Gasteiger partial charge < -0.3 is 5.41 Å². The molecule has 0 bridgehead atoms. The molecule has 0 aliphatic rings. The third kappa shape index (κ3) is 21.7. The third-order valence-electron chi connectivity index (χ3n) is 5.20. The smallest absolute Gasteiger partial charge is 0.00477 e. The van der Waals surface area contributed by atoms with Gasteiger partial charge in [0.15, 0.2) is 0 Å². The standard InChI is InChI=1S/C23H47N/c1-2-3-4-5-6-7-8-9-10-11-12-13-14-15-16-17-18-19-20-21-22-23-24/h23-24H,2-22H2,1H3. The predicted molar refractivity (Wildman–Crippen MR) is 111 cm³/mol. The molecule has 0 amide bonds. The van der Waals surface area contributed by atoms with Crippen LogP contribution in [0.2, 0.25) is 0 Å². The van der Waals surface area contributed by atoms with Crippen LogP contribution in [0.15, 0.2) is 0 Å². The first kappa shape index (κ1) is 23.7. The normalized spacial score (nSPS) is 11.0. The molecule has 0 atom stereocenters. The fraction of sp³-hybridized carbons (Fsp3) is 0.957. The lowest BCUT2D eigenvalue weighted by Gasteiger charge is -2.04. The number of hydrogen-bond donors (Lipinski definition) is 1. The summed E-state index contributed by atoms with van der Waals surface area (Å²) in [4.78, 5) is 0. The van der Waals surface area contributed by atoms with Crippen LogP contribution in [0, 0.1) is 5.41 Å². The summed E-state index contributed by atoms with van der Waals surface area (Å²) in [7, 11) is 0. The Labute approximate surface area is 153 Å². The summed E-state index contributed by atoms with van der Waals surface area (Å²) in [6.07, 6.45) is 31.2. The average Bonchev–Trinajstić information content (AvgIpc) is 2.60. The first-order chi connectivity index (χ1) is 11.9. The zero-order valence-electron chi connectivity index (χ0n) is 16.9. The molecular formula is C23H47N. The van der Waals surface area contributed by atoms with Gasteiger partial charge in [-0.2, -0.15) is 0 Å². The Hall–Kier alpha value is -0.330. The van der Waals surface area contributed by atoms with Crippen molar-refractivity contribution >= 4 is 6.21 Å². The molecule has 0 aromatic rings. The molecule has 0 aliphatic heterocycles. The molecule has 24 heavy (non-hydrogen) atoms. The third-order valence-corrected chi connectivity index (χ3v) is 5.20. The van der Waals surface area contributed by atoms with Crippen LogP contribution in [0.3, 0.4) is 0 Å². The van der Waals surface area contributed by atoms with Crippen LogP contribution in [0.25, 0.3) is 0 Å². The van der Waals surface area contributed by atoms with E-state index in [2.05, 4.69) is 6.92 Å². The lowest BCUT2D eigenvalue weighted by atomic mass is 10.0. The van der Waals surface area contributed by atoms with Gasteiger partial charge >= 0.3 is 0 Å². The van der Waals surface area contributed by atoms with E-state index in [-0.39, 0.29) is 0 Å². The topological polar surface area (TPSA) is 23.9 Å². The molecule has 0 radical (unpaired) electrons. The highest BCUT2D eigenvalue weighted by molar-refractivity contribution is 5.52. The molecule has 1 heteroatoms. The molecule has 0 rings (SSSR count). The van der Waals surface area contributed by atoms with Gasteiger partial charge in [-0.1, -0.05) is 129 Å². The van der Waals surface area contributed by atoms with Gasteiger partial charge in [-0.25, -0.2) is 0 Å². The number of hydrogen-bond acceptors (Lipinski definition) is 1. The van der Waals surface area contributed by atoms with Crippen LogP contribution in [0.1, 0.15) is 142 Å². The molecule has 0 unspecified atom stereocenters. The zero-order valence-corrected chi connectivity index (χ0v) is 16.9. The number of rotatable bonds is 21. The molecule has 0 spiro atoms. The van der Waals surface area contributed by atoms with Crippen molar-refractivity contribution in [3.05, 3.63) is 0 Å². The molecule has 0 aromatic heterocycles. The largest absolute Gasteiger partial charge is 0.313 e. The van der Waals surface area contributed by atoms with Crippen molar-refractivity contribution in [3.63, 3.8) is 0 Å². The molecule has 0 aromatic carbocycles. The number of nitrogens with one attached hydrogen (secondary N) is 1. The lowest BCUT2D eigenvalue weighted by Crippen LogP contribution is -1.84. The van der Waals surface area contributed by atoms with Crippen LogP contribution in [0.4, 0.5) is 0 Å². The van der Waals surface area contributed by atoms with E-state index in [9.17, 15) is 0 Å². The van der Waals surface area contributed by atoms with Crippen molar-refractivity contribution in [2.45, 2.75) is 142 Å². The quantitative estimate of drug-likeness (QED) is 0.160. The van der Waals surface area contributed by atoms with Gasteiger partial charge in [-0.3, -0.25) is 0 Å². The minimum Gasteiger partial charge on any atom is -0.313 e. The van der Waals surface area contributed by atoms with Crippen LogP contribution >= 0.6 is 0 Å². The summed E-state index contributed by atoms with van der Waals surface area (Å²) in [6, 6.07) is 0. The molecule has 0 heterocycles. The minimum absolute atomic E-state index is 0.985. The van der Waals surface area contributed by atoms with Crippen molar-refractivity contribution in [1.82, 2.24) is 0 Å². The van der Waals surface area contributed by atoms with E-state index in [0.717, 1.165) is 6.42 Å². The fourth-order valence-electron chi connectivity index (χ4n) is 3.50. The van der Waals surface area contributed by atoms with E-state index < -0.39 is 0 Å². The molecule has 144 valence electrons. The summed E-state index contributed by atoms with van der Waals surface area (Å²) >= 11 is 0. The van der Waals surface area contributed by atoms with Crippen LogP contribution in [0.5, 0.6) is 0 Å². The van der Waals surface area contributed by atoms with Gasteiger partial charge in [0.05, 0.1) is 0 Å². The highest BCUT2D eigenvalue weighted by Gasteiger charge is 1.95. The van der Waals surface area contributed by atoms with Gasteiger partial charge in [-0.05, 0) is 19.1 Å². The second kappa shape index (κ2) is 22.7. The van der Waals surface area contributed by atoms with Crippen LogP contribution in [-0.2, 0) is 0 Å². The average molecular weight is 338 g/mol. The summed E-state index contributed by atoms with van der Waals surface area (Å²) in [6.45, 7) is 2.30. The maximum absolute atomic E-state index is 6.99. The van der Waals surface area contributed by atoms with Crippen molar-refractivity contribution < 1.29 is 0 Å². The maximum atomic E-state index is 6.99. The van der Waals surface area contributed by atoms with Gasteiger partial charge in [-0.15, -0.1) is 0 Å². The summed E-state index contributed by atoms with van der Waals surface area (Å²) in [5.41, 5.74) is 0. The van der Waals surface area contributed by atoms with E-state index in [1.807, 2.05) is 0 Å². The van der Waals surface area contributed by atoms with E-state index in [4.69, 9.17) is 5.41 Å². The Morgan fingerprint density at radius 2 is 0.667 bits per heavy atom. The number of unbranched alkanes of at least 4 members (excludes halogenated alkanes) is 20. The van der Waals surface area contributed by atoms with E-state index in [0.29, 0.717) is 0 Å². The van der Waals surface area contributed by atoms with Crippen LogP contribution in [-0.4, -0.2) is 6.21 Å². The minimum atomic E-state index is 0.985. The zero-order chi connectivity index (χ0) is 17.6. The Bertz CT molecular complexity index is 224. The summed E-state index contributed by atoms with van der Waals surface area (Å²) in [5, 5.41) is 6.99. The molecule has 0 saturated carbocycles. The Morgan fingerprint density at radius 3 is 0.917 bits per heavy atom. The van der Waals surface area contributed by atoms with Crippen molar-refractivity contribution in [1.29, 1.82) is 5.41 Å². The second-order valence-electron chi connectivity index (χ2n) is 7.71. The Balaban J connectivity index is 2.94. The first-order valence-electron chi connectivity index (χ1n) is 11.4. The predicted octanol–water partition coefficient (Wildman–Crippen LogP) is 8.85. The van der Waals surface area contributed by atoms with Crippen molar-refractivity contribution in [2.75, 3.05) is 0 Å². The molecule has 1 N–H and O–H groups in total. The highest BCUT2D eigenvalue weighted by Crippen LogP contribution is 2.14. The fourth-order valence-corrected chi connectivity index (χ4v) is 3.50. The molecule has 0 fully saturated rings. The first-order valence-corrected chi connectivity index (χ1v) is 11.4. The Morgan fingerprint density at radius 1 is 0.417 bits per heavy atom.